The van der Waals surface area contributed by atoms with Gasteiger partial charge in [-0.3, -0.25) is 0 Å². The minimum atomic E-state index is -4.24. The van der Waals surface area contributed by atoms with Crippen molar-refractivity contribution in [3.63, 3.8) is 0 Å². The Kier molecular flexibility index (Phi) is 4.19. The minimum Gasteiger partial charge on any atom is -0.168 e. The quantitative estimate of drug-likeness (QED) is 0.617. The molecule has 0 aromatic heterocycles. The maximum atomic E-state index is 12.2. The molecule has 0 unspecified atom stereocenters. The molecule has 0 spiro atoms. The lowest BCUT2D eigenvalue weighted by Crippen LogP contribution is -2.04. The van der Waals surface area contributed by atoms with Crippen molar-refractivity contribution in [2.75, 3.05) is 5.08 Å². The third-order valence-electron chi connectivity index (χ3n) is 1.64. The van der Waals surface area contributed by atoms with Crippen LogP contribution in [0.3, 0.4) is 0 Å². The highest BCUT2D eigenvalue weighted by atomic mass is 32.2. The molecule has 1 rings (SSSR count). The molecule has 1 aromatic carbocycles. The topological polar surface area (TPSA) is 0 Å². The van der Waals surface area contributed by atoms with Crippen molar-refractivity contribution < 1.29 is 13.2 Å². The third-order valence-corrected chi connectivity index (χ3v) is 2.91. The van der Waals surface area contributed by atoms with E-state index in [1.807, 2.05) is 0 Å². The average molecular weight is 238 g/mol. The number of thioether (sulfide) groups is 1. The molecular formula is C9H9F3S2. The first-order valence-electron chi connectivity index (χ1n) is 3.89. The molecule has 0 atom stereocenters. The van der Waals surface area contributed by atoms with E-state index in [9.17, 15) is 13.2 Å². The van der Waals surface area contributed by atoms with Gasteiger partial charge in [-0.05, 0) is 17.7 Å². The van der Waals surface area contributed by atoms with Gasteiger partial charge in [-0.25, -0.2) is 0 Å². The zero-order chi connectivity index (χ0) is 10.6. The van der Waals surface area contributed by atoms with Crippen LogP contribution in [0.1, 0.15) is 11.1 Å². The molecule has 0 bridgehead atoms. The zero-order valence-corrected chi connectivity index (χ0v) is 8.92. The van der Waals surface area contributed by atoms with Gasteiger partial charge in [-0.2, -0.15) is 25.8 Å². The molecule has 0 radical (unpaired) electrons. The molecule has 0 fully saturated rings. The van der Waals surface area contributed by atoms with Crippen molar-refractivity contribution in [1.29, 1.82) is 0 Å². The van der Waals surface area contributed by atoms with Gasteiger partial charge in [0.15, 0.2) is 0 Å². The van der Waals surface area contributed by atoms with Crippen LogP contribution in [0.25, 0.3) is 0 Å². The van der Waals surface area contributed by atoms with Gasteiger partial charge in [0.2, 0.25) is 0 Å². The van der Waals surface area contributed by atoms with E-state index in [1.165, 1.54) is 12.1 Å². The summed E-state index contributed by atoms with van der Waals surface area (Å²) in [4.78, 5) is 0. The van der Waals surface area contributed by atoms with Crippen LogP contribution in [0.15, 0.2) is 24.3 Å². The van der Waals surface area contributed by atoms with Crippen molar-refractivity contribution in [1.82, 2.24) is 0 Å². The van der Waals surface area contributed by atoms with Crippen molar-refractivity contribution in [2.45, 2.75) is 11.9 Å². The lowest BCUT2D eigenvalue weighted by molar-refractivity contribution is -0.137. The fourth-order valence-electron chi connectivity index (χ4n) is 0.953. The van der Waals surface area contributed by atoms with E-state index in [-0.39, 0.29) is 0 Å². The second kappa shape index (κ2) is 4.98. The van der Waals surface area contributed by atoms with E-state index in [0.717, 1.165) is 17.7 Å². The van der Waals surface area contributed by atoms with Crippen LogP contribution in [0.5, 0.6) is 0 Å². The van der Waals surface area contributed by atoms with E-state index < -0.39 is 11.7 Å². The summed E-state index contributed by atoms with van der Waals surface area (Å²) in [5, 5.41) is 0.668. The molecule has 5 heteroatoms. The molecule has 0 amide bonds. The Morgan fingerprint density at radius 2 is 1.71 bits per heavy atom. The Bertz CT molecular complexity index is 279. The highest BCUT2D eigenvalue weighted by Gasteiger charge is 2.29. The molecule has 0 aliphatic carbocycles. The van der Waals surface area contributed by atoms with Gasteiger partial charge < -0.3 is 0 Å². The maximum Gasteiger partial charge on any atom is 0.416 e. The molecule has 1 aromatic rings. The maximum absolute atomic E-state index is 12.2. The zero-order valence-electron chi connectivity index (χ0n) is 7.21. The fraction of sp³-hybridized carbons (Fsp3) is 0.333. The number of rotatable bonds is 3. The van der Waals surface area contributed by atoms with E-state index >= 15 is 0 Å². The van der Waals surface area contributed by atoms with Crippen LogP contribution in [0.2, 0.25) is 0 Å². The van der Waals surface area contributed by atoms with Gasteiger partial charge in [-0.15, -0.1) is 11.8 Å². The summed E-state index contributed by atoms with van der Waals surface area (Å²) >= 11 is 5.56. The van der Waals surface area contributed by atoms with Gasteiger partial charge in [-0.1, -0.05) is 12.1 Å². The average Bonchev–Trinajstić information content (AvgIpc) is 2.14. The largest absolute Gasteiger partial charge is 0.416 e. The summed E-state index contributed by atoms with van der Waals surface area (Å²) < 4.78 is 36.5. The summed E-state index contributed by atoms with van der Waals surface area (Å²) in [6.07, 6.45) is -4.24. The molecule has 0 aliphatic heterocycles. The number of thiol groups is 1. The summed E-state index contributed by atoms with van der Waals surface area (Å²) in [7, 11) is 0. The number of halogens is 3. The number of benzene rings is 1. The first kappa shape index (κ1) is 11.8. The smallest absolute Gasteiger partial charge is 0.168 e. The highest BCUT2D eigenvalue weighted by molar-refractivity contribution is 8.08. The van der Waals surface area contributed by atoms with Crippen LogP contribution in [-0.4, -0.2) is 5.08 Å². The standard InChI is InChI=1S/C9H9F3S2/c10-9(11,12)8-3-1-7(2-4-8)5-14-6-13/h1-4,13H,5-6H2. The lowest BCUT2D eigenvalue weighted by atomic mass is 10.1. The van der Waals surface area contributed by atoms with Gasteiger partial charge >= 0.3 is 6.18 Å². The molecule has 14 heavy (non-hydrogen) atoms. The van der Waals surface area contributed by atoms with Crippen LogP contribution >= 0.6 is 24.4 Å². The second-order valence-corrected chi connectivity index (χ2v) is 4.40. The minimum absolute atomic E-state index is 0.600. The molecule has 0 N–H and O–H groups in total. The van der Waals surface area contributed by atoms with E-state index in [0.29, 0.717) is 10.8 Å². The van der Waals surface area contributed by atoms with Gasteiger partial charge in [0, 0.05) is 10.8 Å². The van der Waals surface area contributed by atoms with Crippen LogP contribution in [0, 0.1) is 0 Å². The third kappa shape index (κ3) is 3.46. The fourth-order valence-corrected chi connectivity index (χ4v) is 1.75. The van der Waals surface area contributed by atoms with Gasteiger partial charge in [0.1, 0.15) is 0 Å². The van der Waals surface area contributed by atoms with Crippen molar-refractivity contribution in [3.8, 4) is 0 Å². The molecular weight excluding hydrogens is 229 g/mol. The van der Waals surface area contributed by atoms with E-state index in [2.05, 4.69) is 12.6 Å². The first-order chi connectivity index (χ1) is 6.54. The summed E-state index contributed by atoms with van der Waals surface area (Å²) in [5.41, 5.74) is 0.286. The number of alkyl halides is 3. The highest BCUT2D eigenvalue weighted by Crippen LogP contribution is 2.29. The Hall–Kier alpha value is -0.290. The molecule has 0 aliphatic rings. The van der Waals surface area contributed by atoms with Gasteiger partial charge in [0.25, 0.3) is 0 Å². The molecule has 0 saturated carbocycles. The Labute approximate surface area is 90.3 Å². The Morgan fingerprint density at radius 3 is 2.14 bits per heavy atom. The normalized spacial score (nSPS) is 11.7. The molecule has 0 heterocycles. The van der Waals surface area contributed by atoms with Crippen LogP contribution in [-0.2, 0) is 11.9 Å². The predicted molar refractivity (Wildman–Crippen MR) is 56.6 cm³/mol. The number of hydrogen-bond donors (Lipinski definition) is 1. The van der Waals surface area contributed by atoms with Crippen molar-refractivity contribution in [2.24, 2.45) is 0 Å². The van der Waals surface area contributed by atoms with Crippen molar-refractivity contribution >= 4 is 24.4 Å². The van der Waals surface area contributed by atoms with Crippen LogP contribution in [0.4, 0.5) is 13.2 Å². The summed E-state index contributed by atoms with van der Waals surface area (Å²) in [6.45, 7) is 0. The SMILES string of the molecule is FC(F)(F)c1ccc(CSCS)cc1. The Balaban J connectivity index is 2.69. The molecule has 78 valence electrons. The first-order valence-corrected chi connectivity index (χ1v) is 5.67. The van der Waals surface area contributed by atoms with Gasteiger partial charge in [0.05, 0.1) is 5.56 Å². The summed E-state index contributed by atoms with van der Waals surface area (Å²) in [6, 6.07) is 5.21. The second-order valence-electron chi connectivity index (χ2n) is 2.67. The van der Waals surface area contributed by atoms with E-state index in [4.69, 9.17) is 0 Å². The predicted octanol–water partition coefficient (Wildman–Crippen LogP) is 3.83. The molecule has 0 nitrogen and oxygen atoms in total. The Morgan fingerprint density at radius 1 is 1.14 bits per heavy atom. The van der Waals surface area contributed by atoms with Crippen molar-refractivity contribution in [3.05, 3.63) is 35.4 Å². The van der Waals surface area contributed by atoms with E-state index in [1.54, 1.807) is 11.8 Å². The monoisotopic (exact) mass is 238 g/mol. The molecule has 0 saturated heterocycles. The number of hydrogen-bond acceptors (Lipinski definition) is 2. The van der Waals surface area contributed by atoms with Crippen LogP contribution < -0.4 is 0 Å². The summed E-state index contributed by atoms with van der Waals surface area (Å²) in [5.74, 6) is 0.696. The lowest BCUT2D eigenvalue weighted by Gasteiger charge is -2.06.